The molecule has 0 radical (unpaired) electrons. The van der Waals surface area contributed by atoms with Gasteiger partial charge in [-0.2, -0.15) is 0 Å². The Morgan fingerprint density at radius 1 is 1.44 bits per heavy atom. The molecule has 0 aliphatic heterocycles. The third-order valence-electron chi connectivity index (χ3n) is 3.72. The van der Waals surface area contributed by atoms with Gasteiger partial charge in [0.2, 0.25) is 5.91 Å². The zero-order valence-corrected chi connectivity index (χ0v) is 10.4. The van der Waals surface area contributed by atoms with Gasteiger partial charge in [-0.3, -0.25) is 9.78 Å². The van der Waals surface area contributed by atoms with Gasteiger partial charge in [0, 0.05) is 13.2 Å². The quantitative estimate of drug-likeness (QED) is 0.884. The SMILES string of the molecule is CC1=CC=C(C(=O)NCc2ccccn2)C2CC12.[HH]. The van der Waals surface area contributed by atoms with Crippen LogP contribution < -0.4 is 5.32 Å². The van der Waals surface area contributed by atoms with Crippen LogP contribution in [0.2, 0.25) is 0 Å². The van der Waals surface area contributed by atoms with Crippen LogP contribution in [-0.2, 0) is 11.3 Å². The fraction of sp³-hybridized carbons (Fsp3) is 0.333. The summed E-state index contributed by atoms with van der Waals surface area (Å²) in [6.45, 7) is 2.64. The summed E-state index contributed by atoms with van der Waals surface area (Å²) in [5, 5.41) is 2.94. The second-order valence-corrected chi connectivity index (χ2v) is 4.99. The first-order chi connectivity index (χ1) is 8.75. The van der Waals surface area contributed by atoms with Crippen LogP contribution in [0.5, 0.6) is 0 Å². The number of hydrogen-bond donors (Lipinski definition) is 1. The van der Waals surface area contributed by atoms with Crippen molar-refractivity contribution in [3.63, 3.8) is 0 Å². The number of fused-ring (bicyclic) bond motifs is 1. The Morgan fingerprint density at radius 2 is 2.33 bits per heavy atom. The summed E-state index contributed by atoms with van der Waals surface area (Å²) < 4.78 is 0. The minimum Gasteiger partial charge on any atom is -0.347 e. The molecule has 3 nitrogen and oxygen atoms in total. The van der Waals surface area contributed by atoms with Gasteiger partial charge in [0.15, 0.2) is 0 Å². The summed E-state index contributed by atoms with van der Waals surface area (Å²) in [4.78, 5) is 16.3. The molecule has 0 saturated heterocycles. The van der Waals surface area contributed by atoms with Crippen LogP contribution in [-0.4, -0.2) is 10.9 Å². The van der Waals surface area contributed by atoms with Crippen molar-refractivity contribution in [1.29, 1.82) is 0 Å². The van der Waals surface area contributed by atoms with Crippen LogP contribution in [0.15, 0.2) is 47.7 Å². The van der Waals surface area contributed by atoms with Gasteiger partial charge in [0.1, 0.15) is 0 Å². The number of allylic oxidation sites excluding steroid dienone is 3. The van der Waals surface area contributed by atoms with E-state index in [1.54, 1.807) is 6.20 Å². The summed E-state index contributed by atoms with van der Waals surface area (Å²) >= 11 is 0. The van der Waals surface area contributed by atoms with Gasteiger partial charge in [-0.15, -0.1) is 0 Å². The Kier molecular flexibility index (Phi) is 2.74. The van der Waals surface area contributed by atoms with Gasteiger partial charge in [0.05, 0.1) is 12.2 Å². The van der Waals surface area contributed by atoms with Crippen molar-refractivity contribution in [2.75, 3.05) is 0 Å². The normalized spacial score (nSPS) is 24.7. The molecule has 2 atom stereocenters. The van der Waals surface area contributed by atoms with Crippen molar-refractivity contribution in [3.8, 4) is 0 Å². The number of nitrogens with one attached hydrogen (secondary N) is 1. The summed E-state index contributed by atoms with van der Waals surface area (Å²) in [6, 6.07) is 5.72. The van der Waals surface area contributed by atoms with Crippen LogP contribution in [0.4, 0.5) is 0 Å². The summed E-state index contributed by atoms with van der Waals surface area (Å²) in [5.41, 5.74) is 3.23. The minimum absolute atomic E-state index is 0. The molecule has 1 aromatic heterocycles. The van der Waals surface area contributed by atoms with Crippen LogP contribution in [0.3, 0.4) is 0 Å². The molecule has 0 bridgehead atoms. The Balaban J connectivity index is 0.00000133. The number of nitrogens with zero attached hydrogens (tertiary/aromatic N) is 1. The summed E-state index contributed by atoms with van der Waals surface area (Å²) in [7, 11) is 0. The average molecular weight is 242 g/mol. The lowest BCUT2D eigenvalue weighted by Gasteiger charge is -2.11. The van der Waals surface area contributed by atoms with Gasteiger partial charge in [-0.1, -0.05) is 23.8 Å². The maximum absolute atomic E-state index is 12.1. The molecule has 94 valence electrons. The number of aromatic nitrogens is 1. The van der Waals surface area contributed by atoms with Crippen molar-refractivity contribution in [2.24, 2.45) is 11.8 Å². The molecule has 1 aromatic rings. The van der Waals surface area contributed by atoms with Crippen LogP contribution in [0.25, 0.3) is 0 Å². The first-order valence-corrected chi connectivity index (χ1v) is 6.32. The van der Waals surface area contributed by atoms with Crippen molar-refractivity contribution < 1.29 is 6.22 Å². The van der Waals surface area contributed by atoms with E-state index >= 15 is 0 Å². The highest BCUT2D eigenvalue weighted by Crippen LogP contribution is 2.50. The Bertz CT molecular complexity index is 536. The van der Waals surface area contributed by atoms with E-state index in [9.17, 15) is 4.79 Å². The molecule has 0 aromatic carbocycles. The molecule has 3 heteroatoms. The largest absolute Gasteiger partial charge is 0.347 e. The van der Waals surface area contributed by atoms with E-state index in [-0.39, 0.29) is 7.33 Å². The molecular formula is C15H18N2O. The number of rotatable bonds is 3. The Labute approximate surface area is 108 Å². The molecule has 1 heterocycles. The smallest absolute Gasteiger partial charge is 0.247 e. The van der Waals surface area contributed by atoms with Gasteiger partial charge in [-0.05, 0) is 37.3 Å². The second kappa shape index (κ2) is 4.41. The van der Waals surface area contributed by atoms with Crippen LogP contribution in [0, 0.1) is 11.8 Å². The highest BCUT2D eigenvalue weighted by Gasteiger charge is 2.44. The van der Waals surface area contributed by atoms with Crippen molar-refractivity contribution in [2.45, 2.75) is 19.9 Å². The molecule has 1 N–H and O–H groups in total. The van der Waals surface area contributed by atoms with Gasteiger partial charge >= 0.3 is 0 Å². The standard InChI is InChI=1S/C15H16N2O.H2/c1-10-5-6-12(14-8-13(10)14)15(18)17-9-11-4-2-3-7-16-11;/h2-7,13-14H,8-9H2,1H3,(H,17,18);1H. The third kappa shape index (κ3) is 2.08. The second-order valence-electron chi connectivity index (χ2n) is 4.99. The van der Waals surface area contributed by atoms with E-state index < -0.39 is 0 Å². The molecule has 2 aliphatic rings. The molecule has 18 heavy (non-hydrogen) atoms. The molecule has 2 unspecified atom stereocenters. The zero-order chi connectivity index (χ0) is 12.5. The third-order valence-corrected chi connectivity index (χ3v) is 3.72. The Hall–Kier alpha value is -1.90. The maximum atomic E-state index is 12.1. The summed E-state index contributed by atoms with van der Waals surface area (Å²) in [5.74, 6) is 1.13. The van der Waals surface area contributed by atoms with E-state index in [1.807, 2.05) is 24.3 Å². The number of carbonyl (C=O) groups is 1. The molecule has 1 saturated carbocycles. The minimum atomic E-state index is 0. The number of carbonyl (C=O) groups excluding carboxylic acids is 1. The highest BCUT2D eigenvalue weighted by atomic mass is 16.1. The zero-order valence-electron chi connectivity index (χ0n) is 10.4. The fourth-order valence-corrected chi connectivity index (χ4v) is 2.53. The van der Waals surface area contributed by atoms with Crippen molar-refractivity contribution in [1.82, 2.24) is 10.3 Å². The van der Waals surface area contributed by atoms with Crippen LogP contribution in [0.1, 0.15) is 20.5 Å². The maximum Gasteiger partial charge on any atom is 0.247 e. The van der Waals surface area contributed by atoms with E-state index in [0.717, 1.165) is 17.7 Å². The predicted octanol–water partition coefficient (Wildman–Crippen LogP) is 2.47. The lowest BCUT2D eigenvalue weighted by molar-refractivity contribution is -0.118. The first-order valence-electron chi connectivity index (χ1n) is 6.32. The number of amides is 1. The lowest BCUT2D eigenvalue weighted by atomic mass is 9.99. The first kappa shape index (κ1) is 11.2. The van der Waals surface area contributed by atoms with E-state index in [1.165, 1.54) is 5.57 Å². The van der Waals surface area contributed by atoms with Crippen molar-refractivity contribution >= 4 is 5.91 Å². The number of hydrogen-bond acceptors (Lipinski definition) is 2. The van der Waals surface area contributed by atoms with Crippen LogP contribution >= 0.6 is 0 Å². The molecule has 1 fully saturated rings. The fourth-order valence-electron chi connectivity index (χ4n) is 2.53. The van der Waals surface area contributed by atoms with Crippen molar-refractivity contribution in [3.05, 3.63) is 53.4 Å². The highest BCUT2D eigenvalue weighted by molar-refractivity contribution is 5.95. The summed E-state index contributed by atoms with van der Waals surface area (Å²) in [6.07, 6.45) is 6.91. The number of pyridine rings is 1. The van der Waals surface area contributed by atoms with Gasteiger partial charge in [0.25, 0.3) is 0 Å². The monoisotopic (exact) mass is 242 g/mol. The Morgan fingerprint density at radius 3 is 3.11 bits per heavy atom. The van der Waals surface area contributed by atoms with E-state index in [0.29, 0.717) is 18.4 Å². The molecule has 3 rings (SSSR count). The van der Waals surface area contributed by atoms with E-state index in [4.69, 9.17) is 0 Å². The molecule has 2 aliphatic carbocycles. The van der Waals surface area contributed by atoms with Gasteiger partial charge in [-0.25, -0.2) is 0 Å². The lowest BCUT2D eigenvalue weighted by Crippen LogP contribution is -2.26. The molecule has 1 amide bonds. The average Bonchev–Trinajstić information content (AvgIpc) is 3.19. The molecule has 0 spiro atoms. The van der Waals surface area contributed by atoms with Gasteiger partial charge < -0.3 is 5.32 Å². The molecular weight excluding hydrogens is 224 g/mol. The topological polar surface area (TPSA) is 42.0 Å². The van der Waals surface area contributed by atoms with E-state index in [2.05, 4.69) is 23.3 Å². The predicted molar refractivity (Wildman–Crippen MR) is 71.6 cm³/mol.